The Kier molecular flexibility index (Phi) is 9.70. The molecule has 18 heavy (non-hydrogen) atoms. The predicted molar refractivity (Wildman–Crippen MR) is 83.0 cm³/mol. The van der Waals surface area contributed by atoms with Gasteiger partial charge in [-0.3, -0.25) is 0 Å². The number of rotatable bonds is 10. The van der Waals surface area contributed by atoms with E-state index in [1.807, 2.05) is 0 Å². The maximum Gasteiger partial charge on any atom is -0.0414 e. The zero-order chi connectivity index (χ0) is 13.1. The van der Waals surface area contributed by atoms with Crippen molar-refractivity contribution >= 4 is 0 Å². The highest BCUT2D eigenvalue weighted by atomic mass is 14.2. The van der Waals surface area contributed by atoms with Gasteiger partial charge in [0.2, 0.25) is 0 Å². The van der Waals surface area contributed by atoms with E-state index in [4.69, 9.17) is 0 Å². The van der Waals surface area contributed by atoms with Crippen LogP contribution >= 0.6 is 0 Å². The summed E-state index contributed by atoms with van der Waals surface area (Å²) < 4.78 is 0. The van der Waals surface area contributed by atoms with E-state index in [2.05, 4.69) is 13.8 Å². The molecule has 0 bridgehead atoms. The Morgan fingerprint density at radius 2 is 1.50 bits per heavy atom. The number of hydrogen-bond acceptors (Lipinski definition) is 0. The zero-order valence-corrected chi connectivity index (χ0v) is 13.1. The second-order valence-corrected chi connectivity index (χ2v) is 6.74. The van der Waals surface area contributed by atoms with Crippen molar-refractivity contribution in [2.75, 3.05) is 0 Å². The highest BCUT2D eigenvalue weighted by molar-refractivity contribution is 4.67. The van der Waals surface area contributed by atoms with Crippen LogP contribution in [0.2, 0.25) is 0 Å². The van der Waals surface area contributed by atoms with Crippen LogP contribution in [0.15, 0.2) is 0 Å². The third-order valence-electron chi connectivity index (χ3n) is 4.84. The van der Waals surface area contributed by atoms with Crippen molar-refractivity contribution in [2.45, 2.75) is 104 Å². The van der Waals surface area contributed by atoms with Gasteiger partial charge in [0.1, 0.15) is 0 Å². The lowest BCUT2D eigenvalue weighted by Crippen LogP contribution is -2.08. The van der Waals surface area contributed by atoms with Crippen molar-refractivity contribution in [3.63, 3.8) is 0 Å². The third-order valence-corrected chi connectivity index (χ3v) is 4.84. The second-order valence-electron chi connectivity index (χ2n) is 6.74. The molecule has 1 atom stereocenters. The highest BCUT2D eigenvalue weighted by Crippen LogP contribution is 2.29. The molecule has 0 radical (unpaired) electrons. The van der Waals surface area contributed by atoms with Crippen LogP contribution in [-0.2, 0) is 0 Å². The smallest absolute Gasteiger partial charge is 0.0414 e. The largest absolute Gasteiger partial charge is 0.0654 e. The van der Waals surface area contributed by atoms with Gasteiger partial charge in [0, 0.05) is 0 Å². The summed E-state index contributed by atoms with van der Waals surface area (Å²) in [6.07, 6.45) is 20.8. The molecule has 0 unspecified atom stereocenters. The molecule has 108 valence electrons. The minimum absolute atomic E-state index is 0.984. The van der Waals surface area contributed by atoms with Gasteiger partial charge in [-0.25, -0.2) is 0 Å². The van der Waals surface area contributed by atoms with E-state index in [1.54, 1.807) is 0 Å². The average molecular weight is 252 g/mol. The third kappa shape index (κ3) is 8.16. The summed E-state index contributed by atoms with van der Waals surface area (Å²) in [5.41, 5.74) is 0. The Bertz CT molecular complexity index is 167. The average Bonchev–Trinajstić information content (AvgIpc) is 2.41. The molecule has 1 rings (SSSR count). The van der Waals surface area contributed by atoms with Crippen LogP contribution in [0.4, 0.5) is 0 Å². The molecule has 0 heteroatoms. The Morgan fingerprint density at radius 3 is 2.22 bits per heavy atom. The van der Waals surface area contributed by atoms with Crippen LogP contribution in [0.3, 0.4) is 0 Å². The summed E-state index contributed by atoms with van der Waals surface area (Å²) in [7, 11) is 0. The van der Waals surface area contributed by atoms with Crippen molar-refractivity contribution in [3.8, 4) is 0 Å². The molecule has 0 amide bonds. The molecule has 0 aliphatic heterocycles. The van der Waals surface area contributed by atoms with Crippen LogP contribution in [0.1, 0.15) is 104 Å². The fourth-order valence-corrected chi connectivity index (χ4v) is 3.41. The van der Waals surface area contributed by atoms with Crippen LogP contribution in [0.5, 0.6) is 0 Å². The highest BCUT2D eigenvalue weighted by Gasteiger charge is 2.14. The first-order valence-electron chi connectivity index (χ1n) is 8.83. The van der Waals surface area contributed by atoms with Crippen molar-refractivity contribution < 1.29 is 0 Å². The molecule has 1 saturated carbocycles. The monoisotopic (exact) mass is 252 g/mol. The molecule has 0 saturated heterocycles. The number of unbranched alkanes of at least 4 members (excludes halogenated alkanes) is 5. The van der Waals surface area contributed by atoms with Crippen LogP contribution < -0.4 is 0 Å². The van der Waals surface area contributed by atoms with Gasteiger partial charge in [-0.1, -0.05) is 104 Å². The van der Waals surface area contributed by atoms with Gasteiger partial charge in [0.25, 0.3) is 0 Å². The minimum Gasteiger partial charge on any atom is -0.0654 e. The topological polar surface area (TPSA) is 0 Å². The van der Waals surface area contributed by atoms with Crippen molar-refractivity contribution in [1.82, 2.24) is 0 Å². The fraction of sp³-hybridized carbons (Fsp3) is 1.00. The van der Waals surface area contributed by atoms with Gasteiger partial charge >= 0.3 is 0 Å². The van der Waals surface area contributed by atoms with Crippen molar-refractivity contribution in [2.24, 2.45) is 11.8 Å². The van der Waals surface area contributed by atoms with Crippen molar-refractivity contribution in [1.29, 1.82) is 0 Å². The normalized spacial score (nSPS) is 19.0. The van der Waals surface area contributed by atoms with E-state index in [9.17, 15) is 0 Å². The van der Waals surface area contributed by atoms with E-state index >= 15 is 0 Å². The Hall–Kier alpha value is 0. The molecule has 0 N–H and O–H groups in total. The molecule has 1 aliphatic rings. The first kappa shape index (κ1) is 16.1. The maximum atomic E-state index is 2.48. The lowest BCUT2D eigenvalue weighted by atomic mass is 9.83. The van der Waals surface area contributed by atoms with E-state index in [0.717, 1.165) is 11.8 Å². The van der Waals surface area contributed by atoms with Gasteiger partial charge < -0.3 is 0 Å². The molecule has 1 fully saturated rings. The van der Waals surface area contributed by atoms with E-state index in [-0.39, 0.29) is 0 Å². The SMILES string of the molecule is CCCCCCCC[C@H](C)CCC1CCCCC1. The van der Waals surface area contributed by atoms with Gasteiger partial charge in [0.15, 0.2) is 0 Å². The van der Waals surface area contributed by atoms with Crippen molar-refractivity contribution in [3.05, 3.63) is 0 Å². The standard InChI is InChI=1S/C18H36/c1-3-4-5-6-7-9-12-17(2)15-16-18-13-10-8-11-14-18/h17-18H,3-16H2,1-2H3/t17-/m0/s1. The van der Waals surface area contributed by atoms with Crippen LogP contribution in [0, 0.1) is 11.8 Å². The lowest BCUT2D eigenvalue weighted by Gasteiger charge is -2.23. The molecule has 0 nitrogen and oxygen atoms in total. The summed E-state index contributed by atoms with van der Waals surface area (Å²) in [6, 6.07) is 0. The molecule has 0 spiro atoms. The van der Waals surface area contributed by atoms with E-state index in [1.165, 1.54) is 89.9 Å². The molecule has 0 heterocycles. The summed E-state index contributed by atoms with van der Waals surface area (Å²) in [5, 5.41) is 0. The van der Waals surface area contributed by atoms with Gasteiger partial charge in [0.05, 0.1) is 0 Å². The minimum atomic E-state index is 0.984. The zero-order valence-electron chi connectivity index (χ0n) is 13.1. The molecule has 0 aromatic heterocycles. The Balaban J connectivity index is 1.88. The Labute approximate surface area is 116 Å². The van der Waals surface area contributed by atoms with Gasteiger partial charge in [-0.15, -0.1) is 0 Å². The summed E-state index contributed by atoms with van der Waals surface area (Å²) in [5.74, 6) is 2.07. The van der Waals surface area contributed by atoms with E-state index in [0.29, 0.717) is 0 Å². The predicted octanol–water partition coefficient (Wildman–Crippen LogP) is 6.73. The summed E-state index contributed by atoms with van der Waals surface area (Å²) in [4.78, 5) is 0. The van der Waals surface area contributed by atoms with Gasteiger partial charge in [-0.05, 0) is 11.8 Å². The fourth-order valence-electron chi connectivity index (χ4n) is 3.41. The maximum absolute atomic E-state index is 2.48. The molecule has 1 aliphatic carbocycles. The first-order chi connectivity index (χ1) is 8.83. The first-order valence-corrected chi connectivity index (χ1v) is 8.83. The van der Waals surface area contributed by atoms with Crippen LogP contribution in [0.25, 0.3) is 0 Å². The van der Waals surface area contributed by atoms with Crippen LogP contribution in [-0.4, -0.2) is 0 Å². The second kappa shape index (κ2) is 10.9. The number of hydrogen-bond donors (Lipinski definition) is 0. The quantitative estimate of drug-likeness (QED) is 0.378. The molecular formula is C18H36. The van der Waals surface area contributed by atoms with Gasteiger partial charge in [-0.2, -0.15) is 0 Å². The Morgan fingerprint density at radius 1 is 0.833 bits per heavy atom. The molecule has 0 aromatic rings. The van der Waals surface area contributed by atoms with E-state index < -0.39 is 0 Å². The molecular weight excluding hydrogens is 216 g/mol. The lowest BCUT2D eigenvalue weighted by molar-refractivity contribution is 0.306. The summed E-state index contributed by atoms with van der Waals surface area (Å²) >= 11 is 0. The molecule has 0 aromatic carbocycles. The summed E-state index contributed by atoms with van der Waals surface area (Å²) in [6.45, 7) is 4.78.